The third-order valence-corrected chi connectivity index (χ3v) is 1.91. The van der Waals surface area contributed by atoms with Gasteiger partial charge in [0.1, 0.15) is 5.82 Å². The number of hydrogen-bond acceptors (Lipinski definition) is 3. The number of benzene rings is 1. The number of phenols is 1. The fourth-order valence-corrected chi connectivity index (χ4v) is 1.15. The second-order valence-corrected chi connectivity index (χ2v) is 2.91. The van der Waals surface area contributed by atoms with Gasteiger partial charge < -0.3 is 9.94 Å². The summed E-state index contributed by atoms with van der Waals surface area (Å²) >= 11 is 5.38. The van der Waals surface area contributed by atoms with Crippen LogP contribution in [0.5, 0.6) is 5.75 Å². The van der Waals surface area contributed by atoms with Gasteiger partial charge in [-0.2, -0.15) is 5.48 Å². The fraction of sp³-hybridized carbons (Fsp3) is 0.250. The van der Waals surface area contributed by atoms with Crippen molar-refractivity contribution in [3.05, 3.63) is 28.3 Å². The SMILES string of the molecule is CONCc1c(O)c(F)cc(Cl)c1F. The van der Waals surface area contributed by atoms with Crippen molar-refractivity contribution >= 4 is 11.6 Å². The van der Waals surface area contributed by atoms with Gasteiger partial charge in [-0.15, -0.1) is 0 Å². The van der Waals surface area contributed by atoms with Crippen molar-refractivity contribution in [3.8, 4) is 5.75 Å². The Kier molecular flexibility index (Phi) is 3.62. The summed E-state index contributed by atoms with van der Waals surface area (Å²) in [6.45, 7) is -0.175. The Morgan fingerprint density at radius 2 is 2.21 bits per heavy atom. The summed E-state index contributed by atoms with van der Waals surface area (Å²) < 4.78 is 26.1. The molecule has 1 rings (SSSR count). The molecule has 0 atom stereocenters. The van der Waals surface area contributed by atoms with Crippen LogP contribution in [0.4, 0.5) is 8.78 Å². The summed E-state index contributed by atoms with van der Waals surface area (Å²) in [5, 5.41) is 8.78. The molecule has 0 aromatic heterocycles. The molecule has 0 unspecified atom stereocenters. The van der Waals surface area contributed by atoms with E-state index in [1.165, 1.54) is 7.11 Å². The summed E-state index contributed by atoms with van der Waals surface area (Å²) in [5.41, 5.74) is 2.01. The normalized spacial score (nSPS) is 10.6. The first kappa shape index (κ1) is 11.2. The van der Waals surface area contributed by atoms with E-state index in [1.54, 1.807) is 0 Å². The van der Waals surface area contributed by atoms with Crippen molar-refractivity contribution in [1.82, 2.24) is 5.48 Å². The molecule has 0 amide bonds. The number of rotatable bonds is 3. The molecule has 1 aromatic rings. The number of nitrogens with one attached hydrogen (secondary N) is 1. The molecule has 0 radical (unpaired) electrons. The van der Waals surface area contributed by atoms with Gasteiger partial charge in [0.2, 0.25) is 0 Å². The lowest BCUT2D eigenvalue weighted by molar-refractivity contribution is 0.0851. The van der Waals surface area contributed by atoms with Crippen molar-refractivity contribution in [1.29, 1.82) is 0 Å². The highest BCUT2D eigenvalue weighted by Crippen LogP contribution is 2.29. The summed E-state index contributed by atoms with van der Waals surface area (Å²) in [6, 6.07) is 0.711. The maximum absolute atomic E-state index is 13.2. The van der Waals surface area contributed by atoms with Crippen LogP contribution in [0.2, 0.25) is 5.02 Å². The third kappa shape index (κ3) is 2.12. The predicted octanol–water partition coefficient (Wildman–Crippen LogP) is 1.97. The van der Waals surface area contributed by atoms with Crippen LogP contribution in [0.3, 0.4) is 0 Å². The Morgan fingerprint density at radius 3 is 2.79 bits per heavy atom. The summed E-state index contributed by atoms with van der Waals surface area (Å²) in [6.07, 6.45) is 0. The zero-order valence-corrected chi connectivity index (χ0v) is 8.03. The number of hydrogen-bond donors (Lipinski definition) is 2. The van der Waals surface area contributed by atoms with Gasteiger partial charge >= 0.3 is 0 Å². The molecule has 3 nitrogen and oxygen atoms in total. The van der Waals surface area contributed by atoms with Crippen molar-refractivity contribution in [2.45, 2.75) is 6.54 Å². The minimum Gasteiger partial charge on any atom is -0.505 e. The largest absolute Gasteiger partial charge is 0.505 e. The van der Waals surface area contributed by atoms with E-state index in [0.29, 0.717) is 6.07 Å². The number of aromatic hydroxyl groups is 1. The van der Waals surface area contributed by atoms with Crippen LogP contribution in [0.25, 0.3) is 0 Å². The van der Waals surface area contributed by atoms with Gasteiger partial charge in [-0.3, -0.25) is 0 Å². The fourth-order valence-electron chi connectivity index (χ4n) is 0.941. The molecule has 0 spiro atoms. The highest BCUT2D eigenvalue weighted by Gasteiger charge is 2.16. The first-order valence-corrected chi connectivity index (χ1v) is 4.07. The zero-order chi connectivity index (χ0) is 10.7. The zero-order valence-electron chi connectivity index (χ0n) is 7.27. The van der Waals surface area contributed by atoms with Gasteiger partial charge in [0.05, 0.1) is 24.2 Å². The molecule has 0 bridgehead atoms. The van der Waals surface area contributed by atoms with Crippen molar-refractivity contribution in [2.24, 2.45) is 0 Å². The van der Waals surface area contributed by atoms with Crippen LogP contribution in [0, 0.1) is 11.6 Å². The molecule has 0 heterocycles. The van der Waals surface area contributed by atoms with Crippen LogP contribution in [-0.4, -0.2) is 12.2 Å². The Morgan fingerprint density at radius 1 is 1.57 bits per heavy atom. The van der Waals surface area contributed by atoms with Gasteiger partial charge in [0.15, 0.2) is 11.6 Å². The smallest absolute Gasteiger partial charge is 0.166 e. The molecule has 0 aliphatic carbocycles. The van der Waals surface area contributed by atoms with Crippen LogP contribution < -0.4 is 5.48 Å². The average Bonchev–Trinajstić information content (AvgIpc) is 2.15. The molecular formula is C8H8ClF2NO2. The molecule has 0 saturated heterocycles. The lowest BCUT2D eigenvalue weighted by atomic mass is 10.2. The van der Waals surface area contributed by atoms with Gasteiger partial charge in [-0.1, -0.05) is 11.6 Å². The van der Waals surface area contributed by atoms with E-state index in [-0.39, 0.29) is 17.1 Å². The predicted molar refractivity (Wildman–Crippen MR) is 46.9 cm³/mol. The Balaban J connectivity index is 3.11. The first-order chi connectivity index (χ1) is 6.57. The summed E-state index contributed by atoms with van der Waals surface area (Å²) in [7, 11) is 1.32. The molecule has 0 saturated carbocycles. The molecular weight excluding hydrogens is 216 g/mol. The minimum absolute atomic E-state index is 0.175. The second kappa shape index (κ2) is 4.54. The standard InChI is InChI=1S/C8H8ClF2NO2/c1-14-12-3-4-7(11)5(9)2-6(10)8(4)13/h2,12-13H,3H2,1H3. The quantitative estimate of drug-likeness (QED) is 0.608. The molecule has 0 aliphatic heterocycles. The van der Waals surface area contributed by atoms with Crippen molar-refractivity contribution in [3.63, 3.8) is 0 Å². The lowest BCUT2D eigenvalue weighted by Gasteiger charge is -2.08. The van der Waals surface area contributed by atoms with E-state index in [1.807, 2.05) is 0 Å². The Labute approximate surface area is 84.2 Å². The molecule has 14 heavy (non-hydrogen) atoms. The van der Waals surface area contributed by atoms with E-state index in [9.17, 15) is 8.78 Å². The van der Waals surface area contributed by atoms with Crippen molar-refractivity contribution in [2.75, 3.05) is 7.11 Å². The number of phenolic OH excluding ortho intramolecular Hbond substituents is 1. The van der Waals surface area contributed by atoms with E-state index < -0.39 is 17.4 Å². The van der Waals surface area contributed by atoms with Crippen LogP contribution in [0.1, 0.15) is 5.56 Å². The maximum Gasteiger partial charge on any atom is 0.166 e. The molecule has 2 N–H and O–H groups in total. The van der Waals surface area contributed by atoms with Gasteiger partial charge in [0, 0.05) is 0 Å². The topological polar surface area (TPSA) is 41.5 Å². The van der Waals surface area contributed by atoms with Gasteiger partial charge in [0.25, 0.3) is 0 Å². The Hall–Kier alpha value is -0.910. The van der Waals surface area contributed by atoms with Crippen molar-refractivity contribution < 1.29 is 18.7 Å². The van der Waals surface area contributed by atoms with E-state index in [0.717, 1.165) is 0 Å². The summed E-state index contributed by atoms with van der Waals surface area (Å²) in [5.74, 6) is -2.60. The van der Waals surface area contributed by atoms with Crippen LogP contribution >= 0.6 is 11.6 Å². The van der Waals surface area contributed by atoms with Gasteiger partial charge in [-0.25, -0.2) is 8.78 Å². The molecule has 1 aromatic carbocycles. The van der Waals surface area contributed by atoms with Gasteiger partial charge in [-0.05, 0) is 6.07 Å². The van der Waals surface area contributed by atoms with Crippen LogP contribution in [-0.2, 0) is 11.4 Å². The number of halogens is 3. The van der Waals surface area contributed by atoms with E-state index >= 15 is 0 Å². The minimum atomic E-state index is -0.968. The average molecular weight is 224 g/mol. The summed E-state index contributed by atoms with van der Waals surface area (Å²) in [4.78, 5) is 4.44. The van der Waals surface area contributed by atoms with Crippen LogP contribution in [0.15, 0.2) is 6.07 Å². The second-order valence-electron chi connectivity index (χ2n) is 2.51. The highest BCUT2D eigenvalue weighted by molar-refractivity contribution is 6.30. The third-order valence-electron chi connectivity index (χ3n) is 1.63. The Bertz CT molecular complexity index is 320. The lowest BCUT2D eigenvalue weighted by Crippen LogP contribution is -2.12. The molecule has 0 aliphatic rings. The highest BCUT2D eigenvalue weighted by atomic mass is 35.5. The molecule has 6 heteroatoms. The monoisotopic (exact) mass is 223 g/mol. The first-order valence-electron chi connectivity index (χ1n) is 3.69. The maximum atomic E-state index is 13.2. The molecule has 78 valence electrons. The molecule has 0 fully saturated rings. The number of hydroxylamine groups is 1. The van der Waals surface area contributed by atoms with E-state index in [2.05, 4.69) is 10.3 Å². The van der Waals surface area contributed by atoms with E-state index in [4.69, 9.17) is 16.7 Å².